The number of anilines is 1. The van der Waals surface area contributed by atoms with Crippen LogP contribution >= 0.6 is 0 Å². The van der Waals surface area contributed by atoms with Gasteiger partial charge in [-0.3, -0.25) is 0 Å². The summed E-state index contributed by atoms with van der Waals surface area (Å²) in [6.07, 6.45) is 10.4. The van der Waals surface area contributed by atoms with E-state index in [0.717, 1.165) is 23.2 Å². The molecule has 2 unspecified atom stereocenters. The number of aromatic nitrogens is 4. The summed E-state index contributed by atoms with van der Waals surface area (Å²) < 4.78 is 1.94. The number of unbranched alkanes of at least 4 members (excludes halogenated alkanes) is 1. The van der Waals surface area contributed by atoms with E-state index in [1.807, 2.05) is 10.6 Å². The molecule has 5 heteroatoms. The maximum absolute atomic E-state index is 4.76. The molecule has 0 spiro atoms. The maximum Gasteiger partial charge on any atom is 0.178 e. The van der Waals surface area contributed by atoms with Crippen LogP contribution in [-0.4, -0.2) is 25.9 Å². The molecule has 0 radical (unpaired) electrons. The van der Waals surface area contributed by atoms with Gasteiger partial charge in [0.25, 0.3) is 0 Å². The highest BCUT2D eigenvalue weighted by atomic mass is 15.4. The highest BCUT2D eigenvalue weighted by molar-refractivity contribution is 5.45. The topological polar surface area (TPSA) is 55.1 Å². The van der Waals surface area contributed by atoms with Gasteiger partial charge in [-0.15, -0.1) is 15.3 Å². The molecule has 2 fully saturated rings. The summed E-state index contributed by atoms with van der Waals surface area (Å²) >= 11 is 0. The Labute approximate surface area is 131 Å². The van der Waals surface area contributed by atoms with Gasteiger partial charge >= 0.3 is 0 Å². The standard InChI is InChI=1S/C17H25N5/c1-2-3-5-12-6-4-7-14(12)18-15-10-11-16-19-20-17(13-8-9-13)22(16)21-15/h10-14H,2-9H2,1H3,(H,18,21). The van der Waals surface area contributed by atoms with Crippen LogP contribution in [0.5, 0.6) is 0 Å². The van der Waals surface area contributed by atoms with Crippen LogP contribution in [0.2, 0.25) is 0 Å². The van der Waals surface area contributed by atoms with Gasteiger partial charge in [0.05, 0.1) is 0 Å². The van der Waals surface area contributed by atoms with E-state index in [4.69, 9.17) is 5.10 Å². The molecule has 118 valence electrons. The van der Waals surface area contributed by atoms with Crippen molar-refractivity contribution >= 4 is 11.5 Å². The summed E-state index contributed by atoms with van der Waals surface area (Å²) in [5.74, 6) is 3.39. The molecule has 4 rings (SSSR count). The minimum atomic E-state index is 0.571. The Balaban J connectivity index is 1.52. The van der Waals surface area contributed by atoms with Gasteiger partial charge in [-0.1, -0.05) is 26.2 Å². The first-order valence-electron chi connectivity index (χ1n) is 8.84. The number of nitrogens with zero attached hydrogens (tertiary/aromatic N) is 4. The van der Waals surface area contributed by atoms with E-state index in [-0.39, 0.29) is 0 Å². The second kappa shape index (κ2) is 5.86. The summed E-state index contributed by atoms with van der Waals surface area (Å²) in [5.41, 5.74) is 0.862. The van der Waals surface area contributed by atoms with Crippen molar-refractivity contribution in [2.75, 3.05) is 5.32 Å². The molecule has 2 aromatic heterocycles. The Bertz CT molecular complexity index is 646. The molecule has 1 N–H and O–H groups in total. The van der Waals surface area contributed by atoms with Crippen molar-refractivity contribution in [3.05, 3.63) is 18.0 Å². The lowest BCUT2D eigenvalue weighted by molar-refractivity contribution is 0.447. The third-order valence-corrected chi connectivity index (χ3v) is 5.15. The van der Waals surface area contributed by atoms with Crippen LogP contribution < -0.4 is 5.32 Å². The second-order valence-electron chi connectivity index (χ2n) is 6.91. The lowest BCUT2D eigenvalue weighted by Crippen LogP contribution is -2.25. The molecule has 2 heterocycles. The predicted octanol–water partition coefficient (Wildman–Crippen LogP) is 3.77. The van der Waals surface area contributed by atoms with Crippen LogP contribution in [0.4, 0.5) is 5.82 Å². The van der Waals surface area contributed by atoms with Gasteiger partial charge in [0.15, 0.2) is 11.5 Å². The molecular formula is C17H25N5. The van der Waals surface area contributed by atoms with Crippen LogP contribution in [0.3, 0.4) is 0 Å². The molecule has 0 aromatic carbocycles. The average Bonchev–Trinajstić information content (AvgIpc) is 3.14. The molecule has 5 nitrogen and oxygen atoms in total. The molecule has 2 saturated carbocycles. The van der Waals surface area contributed by atoms with Crippen LogP contribution in [-0.2, 0) is 0 Å². The Morgan fingerprint density at radius 3 is 2.91 bits per heavy atom. The van der Waals surface area contributed by atoms with Crippen molar-refractivity contribution in [2.24, 2.45) is 5.92 Å². The molecular weight excluding hydrogens is 274 g/mol. The van der Waals surface area contributed by atoms with Gasteiger partial charge in [0, 0.05) is 12.0 Å². The molecule has 0 aliphatic heterocycles. The Morgan fingerprint density at radius 2 is 2.09 bits per heavy atom. The molecule has 2 atom stereocenters. The van der Waals surface area contributed by atoms with Crippen molar-refractivity contribution in [3.8, 4) is 0 Å². The number of hydrogen-bond donors (Lipinski definition) is 1. The Morgan fingerprint density at radius 1 is 1.18 bits per heavy atom. The van der Waals surface area contributed by atoms with E-state index < -0.39 is 0 Å². The normalized spacial score (nSPS) is 25.0. The van der Waals surface area contributed by atoms with Gasteiger partial charge in [-0.2, -0.15) is 4.52 Å². The van der Waals surface area contributed by atoms with Crippen molar-refractivity contribution in [3.63, 3.8) is 0 Å². The fourth-order valence-corrected chi connectivity index (χ4v) is 3.71. The van der Waals surface area contributed by atoms with Crippen LogP contribution in [0.1, 0.15) is 70.0 Å². The fraction of sp³-hybridized carbons (Fsp3) is 0.706. The lowest BCUT2D eigenvalue weighted by atomic mass is 9.97. The molecule has 2 aliphatic carbocycles. The minimum absolute atomic E-state index is 0.571. The lowest BCUT2D eigenvalue weighted by Gasteiger charge is -2.21. The third kappa shape index (κ3) is 2.69. The fourth-order valence-electron chi connectivity index (χ4n) is 3.71. The highest BCUT2D eigenvalue weighted by Crippen LogP contribution is 2.39. The molecule has 2 aliphatic rings. The summed E-state index contributed by atoms with van der Waals surface area (Å²) in [7, 11) is 0. The molecule has 0 amide bonds. The summed E-state index contributed by atoms with van der Waals surface area (Å²) in [6, 6.07) is 4.66. The highest BCUT2D eigenvalue weighted by Gasteiger charge is 2.30. The third-order valence-electron chi connectivity index (χ3n) is 5.15. The average molecular weight is 299 g/mol. The van der Waals surface area contributed by atoms with Gasteiger partial charge in [0.1, 0.15) is 5.82 Å². The summed E-state index contributed by atoms with van der Waals surface area (Å²) in [6.45, 7) is 2.28. The van der Waals surface area contributed by atoms with E-state index in [2.05, 4.69) is 28.5 Å². The number of nitrogens with one attached hydrogen (secondary N) is 1. The van der Waals surface area contributed by atoms with Crippen LogP contribution in [0.15, 0.2) is 12.1 Å². The molecule has 2 aromatic rings. The van der Waals surface area contributed by atoms with Crippen molar-refractivity contribution in [2.45, 2.75) is 70.3 Å². The summed E-state index contributed by atoms with van der Waals surface area (Å²) in [5, 5.41) is 17.0. The summed E-state index contributed by atoms with van der Waals surface area (Å²) in [4.78, 5) is 0. The Hall–Kier alpha value is -1.65. The molecule has 22 heavy (non-hydrogen) atoms. The van der Waals surface area contributed by atoms with Crippen LogP contribution in [0, 0.1) is 5.92 Å². The van der Waals surface area contributed by atoms with E-state index in [9.17, 15) is 0 Å². The molecule has 0 saturated heterocycles. The number of hydrogen-bond acceptors (Lipinski definition) is 4. The maximum atomic E-state index is 4.76. The predicted molar refractivity (Wildman–Crippen MR) is 87.0 cm³/mol. The largest absolute Gasteiger partial charge is 0.366 e. The zero-order valence-corrected chi connectivity index (χ0v) is 13.3. The zero-order valence-electron chi connectivity index (χ0n) is 13.3. The quantitative estimate of drug-likeness (QED) is 0.882. The molecule has 0 bridgehead atoms. The van der Waals surface area contributed by atoms with E-state index in [1.165, 1.54) is 51.4 Å². The number of fused-ring (bicyclic) bond motifs is 1. The Kier molecular flexibility index (Phi) is 3.72. The minimum Gasteiger partial charge on any atom is -0.366 e. The van der Waals surface area contributed by atoms with Gasteiger partial charge in [0.2, 0.25) is 0 Å². The van der Waals surface area contributed by atoms with E-state index in [0.29, 0.717) is 12.0 Å². The van der Waals surface area contributed by atoms with Crippen molar-refractivity contribution in [1.82, 2.24) is 19.8 Å². The first-order chi connectivity index (χ1) is 10.8. The van der Waals surface area contributed by atoms with Gasteiger partial charge in [-0.25, -0.2) is 0 Å². The van der Waals surface area contributed by atoms with Gasteiger partial charge in [-0.05, 0) is 50.2 Å². The van der Waals surface area contributed by atoms with Gasteiger partial charge < -0.3 is 5.32 Å². The first kappa shape index (κ1) is 14.0. The number of rotatable bonds is 6. The first-order valence-corrected chi connectivity index (χ1v) is 8.84. The van der Waals surface area contributed by atoms with Crippen molar-refractivity contribution in [1.29, 1.82) is 0 Å². The van der Waals surface area contributed by atoms with Crippen LogP contribution in [0.25, 0.3) is 5.65 Å². The van der Waals surface area contributed by atoms with E-state index in [1.54, 1.807) is 0 Å². The van der Waals surface area contributed by atoms with Crippen molar-refractivity contribution < 1.29 is 0 Å². The smallest absolute Gasteiger partial charge is 0.178 e. The monoisotopic (exact) mass is 299 g/mol. The SMILES string of the molecule is CCCCC1CCCC1Nc1ccc2nnc(C3CC3)n2n1. The zero-order chi connectivity index (χ0) is 14.9. The van der Waals surface area contributed by atoms with E-state index >= 15 is 0 Å². The second-order valence-corrected chi connectivity index (χ2v) is 6.91.